The van der Waals surface area contributed by atoms with Crippen LogP contribution in [0.3, 0.4) is 0 Å². The fourth-order valence-electron chi connectivity index (χ4n) is 3.93. The zero-order valence-electron chi connectivity index (χ0n) is 21.9. The van der Waals surface area contributed by atoms with E-state index < -0.39 is 11.9 Å². The number of rotatable bonds is 9. The van der Waals surface area contributed by atoms with Gasteiger partial charge in [-0.15, -0.1) is 0 Å². The number of aromatic nitrogens is 2. The highest BCUT2D eigenvalue weighted by Crippen LogP contribution is 2.35. The Morgan fingerprint density at radius 3 is 2.21 bits per heavy atom. The molecule has 0 aliphatic carbocycles. The average Bonchev–Trinajstić information content (AvgIpc) is 3.37. The Labute approximate surface area is 225 Å². The normalized spacial score (nSPS) is 10.5. The highest BCUT2D eigenvalue weighted by atomic mass is 16.5. The van der Waals surface area contributed by atoms with Gasteiger partial charge in [-0.3, -0.25) is 4.79 Å². The summed E-state index contributed by atoms with van der Waals surface area (Å²) >= 11 is 0. The van der Waals surface area contributed by atoms with Crippen molar-refractivity contribution in [2.45, 2.75) is 6.92 Å². The molecule has 0 fully saturated rings. The van der Waals surface area contributed by atoms with Gasteiger partial charge in [-0.25, -0.2) is 14.3 Å². The lowest BCUT2D eigenvalue weighted by atomic mass is 10.0. The van der Waals surface area contributed by atoms with Gasteiger partial charge in [0.1, 0.15) is 11.3 Å². The number of para-hydroxylation sites is 2. The number of hydrogen-bond acceptors (Lipinski definition) is 8. The summed E-state index contributed by atoms with van der Waals surface area (Å²) in [6, 6.07) is 21.1. The van der Waals surface area contributed by atoms with Crippen LogP contribution in [0.1, 0.15) is 26.4 Å². The molecule has 1 amide bonds. The maximum Gasteiger partial charge on any atom is 0.357 e. The van der Waals surface area contributed by atoms with Gasteiger partial charge in [0, 0.05) is 11.3 Å². The Hall–Kier alpha value is -5.12. The number of esters is 2. The van der Waals surface area contributed by atoms with Gasteiger partial charge in [0.2, 0.25) is 0 Å². The molecular formula is C29H27N3O7. The first kappa shape index (κ1) is 26.9. The molecule has 0 saturated carbocycles. The molecule has 0 aliphatic heterocycles. The number of aryl methyl sites for hydroxylation is 1. The summed E-state index contributed by atoms with van der Waals surface area (Å²) in [7, 11) is 3.88. The summed E-state index contributed by atoms with van der Waals surface area (Å²) in [5, 5.41) is 7.39. The highest BCUT2D eigenvalue weighted by Gasteiger charge is 2.31. The second kappa shape index (κ2) is 12.0. The molecule has 1 heterocycles. The first-order valence-corrected chi connectivity index (χ1v) is 11.9. The maximum atomic E-state index is 12.9. The number of nitrogens with zero attached hydrogens (tertiary/aromatic N) is 2. The summed E-state index contributed by atoms with van der Waals surface area (Å²) in [6.07, 6.45) is 0. The van der Waals surface area contributed by atoms with Crippen LogP contribution in [0.15, 0.2) is 72.8 Å². The van der Waals surface area contributed by atoms with Crippen LogP contribution in [0.4, 0.5) is 5.69 Å². The number of nitrogens with one attached hydrogen (secondary N) is 1. The highest BCUT2D eigenvalue weighted by molar-refractivity contribution is 6.07. The SMILES string of the molecule is COC(=O)c1c(-c2ccc(OCC(=O)Nc3ccccc3C)c(OC)c2)nn(-c2ccccc2)c1C(=O)OC. The van der Waals surface area contributed by atoms with E-state index in [9.17, 15) is 14.4 Å². The molecule has 10 nitrogen and oxygen atoms in total. The minimum absolute atomic E-state index is 0.0680. The third-order valence-corrected chi connectivity index (χ3v) is 5.87. The third-order valence-electron chi connectivity index (χ3n) is 5.87. The molecular weight excluding hydrogens is 502 g/mol. The van der Waals surface area contributed by atoms with E-state index in [-0.39, 0.29) is 29.5 Å². The number of amides is 1. The molecule has 0 radical (unpaired) electrons. The quantitative estimate of drug-likeness (QED) is 0.316. The first-order valence-electron chi connectivity index (χ1n) is 11.9. The number of benzene rings is 3. The van der Waals surface area contributed by atoms with Crippen molar-refractivity contribution in [3.05, 3.63) is 89.6 Å². The summed E-state index contributed by atoms with van der Waals surface area (Å²) in [6.45, 7) is 1.64. The van der Waals surface area contributed by atoms with Gasteiger partial charge < -0.3 is 24.3 Å². The van der Waals surface area contributed by atoms with Gasteiger partial charge in [0.15, 0.2) is 23.8 Å². The summed E-state index contributed by atoms with van der Waals surface area (Å²) < 4.78 is 22.5. The second-order valence-corrected chi connectivity index (χ2v) is 8.32. The first-order chi connectivity index (χ1) is 18.9. The minimum Gasteiger partial charge on any atom is -0.493 e. The monoisotopic (exact) mass is 529 g/mol. The Morgan fingerprint density at radius 2 is 1.54 bits per heavy atom. The lowest BCUT2D eigenvalue weighted by molar-refractivity contribution is -0.118. The summed E-state index contributed by atoms with van der Waals surface area (Å²) in [5.74, 6) is -1.27. The number of hydrogen-bond donors (Lipinski definition) is 1. The Bertz CT molecular complexity index is 1510. The van der Waals surface area contributed by atoms with E-state index >= 15 is 0 Å². The smallest absolute Gasteiger partial charge is 0.357 e. The summed E-state index contributed by atoms with van der Waals surface area (Å²) in [5.41, 5.74) is 2.63. The van der Waals surface area contributed by atoms with Crippen LogP contribution < -0.4 is 14.8 Å². The van der Waals surface area contributed by atoms with Crippen LogP contribution in [0.25, 0.3) is 16.9 Å². The topological polar surface area (TPSA) is 118 Å². The fourth-order valence-corrected chi connectivity index (χ4v) is 3.93. The molecule has 10 heteroatoms. The fraction of sp³-hybridized carbons (Fsp3) is 0.172. The maximum absolute atomic E-state index is 12.9. The lowest BCUT2D eigenvalue weighted by Gasteiger charge is -2.13. The number of carbonyl (C=O) groups excluding carboxylic acids is 3. The van der Waals surface area contributed by atoms with Gasteiger partial charge in [-0.2, -0.15) is 5.10 Å². The largest absolute Gasteiger partial charge is 0.493 e. The van der Waals surface area contributed by atoms with Crippen molar-refractivity contribution >= 4 is 23.5 Å². The van der Waals surface area contributed by atoms with Gasteiger partial charge in [0.25, 0.3) is 5.91 Å². The molecule has 0 bridgehead atoms. The van der Waals surface area contributed by atoms with Crippen LogP contribution >= 0.6 is 0 Å². The van der Waals surface area contributed by atoms with Crippen LogP contribution in [0.2, 0.25) is 0 Å². The van der Waals surface area contributed by atoms with Crippen LogP contribution in [0, 0.1) is 6.92 Å². The number of methoxy groups -OCH3 is 3. The van der Waals surface area contributed by atoms with Crippen molar-refractivity contribution in [3.63, 3.8) is 0 Å². The van der Waals surface area contributed by atoms with E-state index in [4.69, 9.17) is 18.9 Å². The van der Waals surface area contributed by atoms with Crippen molar-refractivity contribution in [1.82, 2.24) is 9.78 Å². The molecule has 0 aliphatic rings. The molecule has 0 saturated heterocycles. The van der Waals surface area contributed by atoms with Crippen molar-refractivity contribution in [2.75, 3.05) is 33.3 Å². The molecule has 200 valence electrons. The van der Waals surface area contributed by atoms with E-state index in [1.165, 1.54) is 26.0 Å². The molecule has 3 aromatic carbocycles. The van der Waals surface area contributed by atoms with Gasteiger partial charge in [-0.05, 0) is 48.9 Å². The van der Waals surface area contributed by atoms with Crippen molar-refractivity contribution in [3.8, 4) is 28.4 Å². The Kier molecular flexibility index (Phi) is 8.25. The average molecular weight is 530 g/mol. The van der Waals surface area contributed by atoms with E-state index in [2.05, 4.69) is 10.4 Å². The van der Waals surface area contributed by atoms with Crippen molar-refractivity contribution < 1.29 is 33.3 Å². The van der Waals surface area contributed by atoms with E-state index in [1.54, 1.807) is 48.5 Å². The molecule has 0 unspecified atom stereocenters. The minimum atomic E-state index is -0.764. The predicted molar refractivity (Wildman–Crippen MR) is 144 cm³/mol. The zero-order valence-corrected chi connectivity index (χ0v) is 21.9. The molecule has 0 atom stereocenters. The standard InChI is InChI=1S/C29H27N3O7/c1-18-10-8-9-13-21(18)30-24(33)17-39-22-15-14-19(16-23(22)36-2)26-25(28(34)37-3)27(29(35)38-4)32(31-26)20-11-6-5-7-12-20/h5-16H,17H2,1-4H3,(H,30,33). The molecule has 0 spiro atoms. The third kappa shape index (κ3) is 5.74. The second-order valence-electron chi connectivity index (χ2n) is 8.32. The molecule has 39 heavy (non-hydrogen) atoms. The van der Waals surface area contributed by atoms with Gasteiger partial charge in [-0.1, -0.05) is 36.4 Å². The van der Waals surface area contributed by atoms with Crippen LogP contribution in [-0.2, 0) is 14.3 Å². The van der Waals surface area contributed by atoms with E-state index in [0.717, 1.165) is 5.56 Å². The van der Waals surface area contributed by atoms with Crippen LogP contribution in [0.5, 0.6) is 11.5 Å². The van der Waals surface area contributed by atoms with E-state index in [1.807, 2.05) is 31.2 Å². The molecule has 4 aromatic rings. The van der Waals surface area contributed by atoms with Crippen molar-refractivity contribution in [2.24, 2.45) is 0 Å². The van der Waals surface area contributed by atoms with Crippen LogP contribution in [-0.4, -0.2) is 55.6 Å². The Balaban J connectivity index is 1.69. The zero-order chi connectivity index (χ0) is 27.9. The number of carbonyl (C=O) groups is 3. The number of anilines is 1. The Morgan fingerprint density at radius 1 is 0.846 bits per heavy atom. The number of ether oxygens (including phenoxy) is 4. The molecule has 1 aromatic heterocycles. The molecule has 1 N–H and O–H groups in total. The predicted octanol–water partition coefficient (Wildman–Crippen LogP) is 4.45. The van der Waals surface area contributed by atoms with Crippen molar-refractivity contribution in [1.29, 1.82) is 0 Å². The molecule has 4 rings (SSSR count). The van der Waals surface area contributed by atoms with Gasteiger partial charge in [0.05, 0.1) is 27.0 Å². The van der Waals surface area contributed by atoms with Gasteiger partial charge >= 0.3 is 11.9 Å². The van der Waals surface area contributed by atoms with E-state index in [0.29, 0.717) is 28.4 Å². The summed E-state index contributed by atoms with van der Waals surface area (Å²) in [4.78, 5) is 38.1. The lowest BCUT2D eigenvalue weighted by Crippen LogP contribution is -2.20.